The van der Waals surface area contributed by atoms with Crippen molar-refractivity contribution in [2.75, 3.05) is 32.8 Å². The maximum absolute atomic E-state index is 14.1. The summed E-state index contributed by atoms with van der Waals surface area (Å²) in [5, 5.41) is 8.66. The van der Waals surface area contributed by atoms with Gasteiger partial charge in [-0.05, 0) is 31.5 Å². The van der Waals surface area contributed by atoms with Crippen LogP contribution in [0.4, 0.5) is 4.39 Å². The van der Waals surface area contributed by atoms with Crippen LogP contribution in [0.15, 0.2) is 18.2 Å². The Morgan fingerprint density at radius 3 is 3.00 bits per heavy atom. The highest BCUT2D eigenvalue weighted by Gasteiger charge is 2.30. The number of hydrogen-bond acceptors (Lipinski definition) is 3. The fraction of sp³-hybridized carbons (Fsp3) is 0.529. The van der Waals surface area contributed by atoms with E-state index in [0.29, 0.717) is 18.2 Å². The van der Waals surface area contributed by atoms with Gasteiger partial charge in [0, 0.05) is 43.3 Å². The monoisotopic (exact) mass is 288 g/mol. The number of nitrogens with zero attached hydrogens (tertiary/aromatic N) is 2. The fourth-order valence-electron chi connectivity index (χ4n) is 3.33. The molecule has 0 bridgehead atoms. The fourth-order valence-corrected chi connectivity index (χ4v) is 3.33. The highest BCUT2D eigenvalue weighted by atomic mass is 19.1. The van der Waals surface area contributed by atoms with Crippen molar-refractivity contribution in [2.45, 2.75) is 25.4 Å². The normalized spacial score (nSPS) is 22.7. The number of aliphatic hydroxyl groups is 1. The van der Waals surface area contributed by atoms with Crippen LogP contribution in [-0.4, -0.2) is 53.7 Å². The lowest BCUT2D eigenvalue weighted by molar-refractivity contribution is 0.0985. The van der Waals surface area contributed by atoms with Crippen LogP contribution >= 0.6 is 0 Å². The highest BCUT2D eigenvalue weighted by molar-refractivity contribution is 5.37. The van der Waals surface area contributed by atoms with Crippen molar-refractivity contribution in [3.63, 3.8) is 0 Å². The Hall–Kier alpha value is -1.41. The summed E-state index contributed by atoms with van der Waals surface area (Å²) < 4.78 is 14.1. The van der Waals surface area contributed by atoms with Crippen molar-refractivity contribution >= 4 is 0 Å². The quantitative estimate of drug-likeness (QED) is 0.835. The third kappa shape index (κ3) is 3.44. The molecule has 1 N–H and O–H groups in total. The van der Waals surface area contributed by atoms with E-state index in [9.17, 15) is 4.39 Å². The zero-order valence-electron chi connectivity index (χ0n) is 12.2. The SMILES string of the molecule is OCC#Cc1ccc(CN2CCN3CCCC3C2)c(F)c1. The number of aliphatic hydroxyl groups excluding tert-OH is 1. The van der Waals surface area contributed by atoms with Gasteiger partial charge in [0.15, 0.2) is 0 Å². The summed E-state index contributed by atoms with van der Waals surface area (Å²) in [5.74, 6) is 5.08. The zero-order chi connectivity index (χ0) is 14.7. The molecule has 112 valence electrons. The molecule has 0 aromatic heterocycles. The minimum atomic E-state index is -0.200. The molecule has 3 nitrogen and oxygen atoms in total. The van der Waals surface area contributed by atoms with Crippen LogP contribution in [0.3, 0.4) is 0 Å². The van der Waals surface area contributed by atoms with E-state index in [1.165, 1.54) is 25.5 Å². The molecule has 0 amide bonds. The first-order valence-electron chi connectivity index (χ1n) is 7.61. The molecular weight excluding hydrogens is 267 g/mol. The predicted octanol–water partition coefficient (Wildman–Crippen LogP) is 1.45. The van der Waals surface area contributed by atoms with Crippen LogP contribution in [0.25, 0.3) is 0 Å². The van der Waals surface area contributed by atoms with Crippen molar-refractivity contribution in [1.29, 1.82) is 0 Å². The van der Waals surface area contributed by atoms with Gasteiger partial charge < -0.3 is 5.11 Å². The van der Waals surface area contributed by atoms with Crippen LogP contribution in [-0.2, 0) is 6.54 Å². The van der Waals surface area contributed by atoms with Crippen molar-refractivity contribution in [1.82, 2.24) is 9.80 Å². The van der Waals surface area contributed by atoms with Crippen LogP contribution in [0.2, 0.25) is 0 Å². The van der Waals surface area contributed by atoms with E-state index in [-0.39, 0.29) is 12.4 Å². The highest BCUT2D eigenvalue weighted by Crippen LogP contribution is 2.23. The summed E-state index contributed by atoms with van der Waals surface area (Å²) in [6.07, 6.45) is 2.57. The lowest BCUT2D eigenvalue weighted by atomic mass is 10.1. The largest absolute Gasteiger partial charge is 0.384 e. The summed E-state index contributed by atoms with van der Waals surface area (Å²) in [6, 6.07) is 5.77. The van der Waals surface area contributed by atoms with E-state index >= 15 is 0 Å². The molecule has 0 radical (unpaired) electrons. The Morgan fingerprint density at radius 1 is 1.29 bits per heavy atom. The molecular formula is C17H21FN2O. The molecule has 1 aromatic rings. The average molecular weight is 288 g/mol. The lowest BCUT2D eigenvalue weighted by Crippen LogP contribution is -2.49. The molecule has 2 fully saturated rings. The summed E-state index contributed by atoms with van der Waals surface area (Å²) in [7, 11) is 0. The maximum atomic E-state index is 14.1. The van der Waals surface area contributed by atoms with E-state index < -0.39 is 0 Å². The summed E-state index contributed by atoms with van der Waals surface area (Å²) in [6.45, 7) is 4.86. The topological polar surface area (TPSA) is 26.7 Å². The molecule has 3 rings (SSSR count). The third-order valence-electron chi connectivity index (χ3n) is 4.43. The molecule has 2 aliphatic rings. The Balaban J connectivity index is 1.65. The first-order valence-corrected chi connectivity index (χ1v) is 7.61. The molecule has 0 aliphatic carbocycles. The molecule has 0 spiro atoms. The van der Waals surface area contributed by atoms with Gasteiger partial charge in [0.2, 0.25) is 0 Å². The van der Waals surface area contributed by atoms with Crippen LogP contribution in [0.5, 0.6) is 0 Å². The molecule has 2 aliphatic heterocycles. The number of halogens is 1. The minimum Gasteiger partial charge on any atom is -0.384 e. The van der Waals surface area contributed by atoms with Gasteiger partial charge in [0.1, 0.15) is 12.4 Å². The zero-order valence-corrected chi connectivity index (χ0v) is 12.2. The van der Waals surface area contributed by atoms with Crippen LogP contribution in [0.1, 0.15) is 24.0 Å². The van der Waals surface area contributed by atoms with Gasteiger partial charge in [-0.2, -0.15) is 0 Å². The summed E-state index contributed by atoms with van der Waals surface area (Å²) in [4.78, 5) is 4.91. The second kappa shape index (κ2) is 6.57. The van der Waals surface area contributed by atoms with Gasteiger partial charge in [-0.15, -0.1) is 0 Å². The minimum absolute atomic E-state index is 0.199. The second-order valence-electron chi connectivity index (χ2n) is 5.83. The number of hydrogen-bond donors (Lipinski definition) is 1. The lowest BCUT2D eigenvalue weighted by Gasteiger charge is -2.37. The maximum Gasteiger partial charge on any atom is 0.128 e. The Labute approximate surface area is 125 Å². The van der Waals surface area contributed by atoms with Gasteiger partial charge in [0.05, 0.1) is 0 Å². The van der Waals surface area contributed by atoms with E-state index in [2.05, 4.69) is 21.6 Å². The standard InChI is InChI=1S/C17H21FN2O/c18-17-11-14(3-2-10-21)5-6-15(17)12-19-8-9-20-7-1-4-16(20)13-19/h5-6,11,16,21H,1,4,7-10,12-13H2. The van der Waals surface area contributed by atoms with Crippen LogP contribution < -0.4 is 0 Å². The first kappa shape index (κ1) is 14.5. The smallest absolute Gasteiger partial charge is 0.128 e. The second-order valence-corrected chi connectivity index (χ2v) is 5.83. The van der Waals surface area contributed by atoms with Crippen molar-refractivity contribution in [3.05, 3.63) is 35.1 Å². The molecule has 21 heavy (non-hydrogen) atoms. The number of fused-ring (bicyclic) bond motifs is 1. The summed E-state index contributed by atoms with van der Waals surface area (Å²) in [5.41, 5.74) is 1.35. The van der Waals surface area contributed by atoms with Gasteiger partial charge in [0.25, 0.3) is 0 Å². The average Bonchev–Trinajstić information content (AvgIpc) is 2.95. The van der Waals surface area contributed by atoms with Gasteiger partial charge in [-0.3, -0.25) is 9.80 Å². The van der Waals surface area contributed by atoms with Crippen molar-refractivity contribution < 1.29 is 9.50 Å². The summed E-state index contributed by atoms with van der Waals surface area (Å²) >= 11 is 0. The van der Waals surface area contributed by atoms with Gasteiger partial charge in [-0.1, -0.05) is 17.9 Å². The predicted molar refractivity (Wildman–Crippen MR) is 80.2 cm³/mol. The Bertz CT molecular complexity index is 564. The number of rotatable bonds is 2. The number of benzene rings is 1. The van der Waals surface area contributed by atoms with Crippen molar-refractivity contribution in [3.8, 4) is 11.8 Å². The molecule has 1 aromatic carbocycles. The molecule has 0 saturated carbocycles. The Kier molecular flexibility index (Phi) is 4.54. The molecule has 2 saturated heterocycles. The third-order valence-corrected chi connectivity index (χ3v) is 4.43. The first-order chi connectivity index (χ1) is 10.3. The van der Waals surface area contributed by atoms with Crippen LogP contribution in [0, 0.1) is 17.7 Å². The van der Waals surface area contributed by atoms with E-state index in [0.717, 1.165) is 25.2 Å². The van der Waals surface area contributed by atoms with E-state index in [1.54, 1.807) is 0 Å². The number of piperazine rings is 1. The molecule has 4 heteroatoms. The molecule has 2 heterocycles. The Morgan fingerprint density at radius 2 is 2.19 bits per heavy atom. The van der Waals surface area contributed by atoms with Gasteiger partial charge in [-0.25, -0.2) is 4.39 Å². The van der Waals surface area contributed by atoms with E-state index in [4.69, 9.17) is 5.11 Å². The molecule has 1 atom stereocenters. The molecule has 1 unspecified atom stereocenters. The van der Waals surface area contributed by atoms with E-state index in [1.807, 2.05) is 12.1 Å². The van der Waals surface area contributed by atoms with Crippen molar-refractivity contribution in [2.24, 2.45) is 0 Å². The van der Waals surface area contributed by atoms with Gasteiger partial charge >= 0.3 is 0 Å².